The molecule has 0 fully saturated rings. The Morgan fingerprint density at radius 3 is 1.71 bits per heavy atom. The molecular weight excluding hydrogens is 212 g/mol. The summed E-state index contributed by atoms with van der Waals surface area (Å²) in [7, 11) is 0. The summed E-state index contributed by atoms with van der Waals surface area (Å²) >= 11 is 0. The lowest BCUT2D eigenvalue weighted by atomic mass is 10.0. The highest BCUT2D eigenvalue weighted by Gasteiger charge is 2.16. The first-order valence-corrected chi connectivity index (χ1v) is 6.56. The molecule has 0 atom stereocenters. The molecule has 0 bridgehead atoms. The predicted molar refractivity (Wildman–Crippen MR) is 73.0 cm³/mol. The molecule has 0 saturated carbocycles. The summed E-state index contributed by atoms with van der Waals surface area (Å²) in [5.74, 6) is 5.99. The van der Waals surface area contributed by atoms with Gasteiger partial charge in [-0.15, -0.1) is 0 Å². The standard InChI is InChI=1S/C15H28O2/c1-7-11-15(5,6)17-13-10-9-12-16-14(3,4)8-2/h7-8,11-13H2,1-6H3. The first-order valence-electron chi connectivity index (χ1n) is 6.56. The van der Waals surface area contributed by atoms with Gasteiger partial charge in [0.15, 0.2) is 0 Å². The maximum atomic E-state index is 5.70. The van der Waals surface area contributed by atoms with Crippen LogP contribution in [0, 0.1) is 11.8 Å². The Morgan fingerprint density at radius 1 is 0.824 bits per heavy atom. The zero-order chi connectivity index (χ0) is 13.4. The van der Waals surface area contributed by atoms with Gasteiger partial charge in [0.25, 0.3) is 0 Å². The molecule has 17 heavy (non-hydrogen) atoms. The van der Waals surface area contributed by atoms with Gasteiger partial charge < -0.3 is 9.47 Å². The van der Waals surface area contributed by atoms with E-state index >= 15 is 0 Å². The summed E-state index contributed by atoms with van der Waals surface area (Å²) in [5.41, 5.74) is -0.135. The zero-order valence-electron chi connectivity index (χ0n) is 12.4. The van der Waals surface area contributed by atoms with Crippen LogP contribution in [0.25, 0.3) is 0 Å². The Labute approximate surface area is 107 Å². The fraction of sp³-hybridized carbons (Fsp3) is 0.867. The molecule has 0 aromatic carbocycles. The van der Waals surface area contributed by atoms with Crippen LogP contribution in [0.4, 0.5) is 0 Å². The maximum absolute atomic E-state index is 5.70. The average molecular weight is 240 g/mol. The van der Waals surface area contributed by atoms with E-state index in [9.17, 15) is 0 Å². The van der Waals surface area contributed by atoms with Crippen LogP contribution in [-0.2, 0) is 9.47 Å². The van der Waals surface area contributed by atoms with Crippen molar-refractivity contribution >= 4 is 0 Å². The van der Waals surface area contributed by atoms with Gasteiger partial charge in [0.1, 0.15) is 13.2 Å². The minimum absolute atomic E-state index is 0.0625. The minimum Gasteiger partial charge on any atom is -0.363 e. The van der Waals surface area contributed by atoms with Crippen LogP contribution in [0.15, 0.2) is 0 Å². The Kier molecular flexibility index (Phi) is 7.50. The van der Waals surface area contributed by atoms with Crippen molar-refractivity contribution in [3.05, 3.63) is 0 Å². The maximum Gasteiger partial charge on any atom is 0.108 e. The number of rotatable bonds is 7. The largest absolute Gasteiger partial charge is 0.363 e. The lowest BCUT2D eigenvalue weighted by Crippen LogP contribution is -2.24. The third-order valence-electron chi connectivity index (χ3n) is 2.90. The monoisotopic (exact) mass is 240 g/mol. The second-order valence-corrected chi connectivity index (χ2v) is 5.55. The van der Waals surface area contributed by atoms with Gasteiger partial charge in [0.2, 0.25) is 0 Å². The second kappa shape index (κ2) is 7.74. The topological polar surface area (TPSA) is 18.5 Å². The molecule has 0 heterocycles. The molecule has 0 unspecified atom stereocenters. The van der Waals surface area contributed by atoms with Crippen molar-refractivity contribution in [1.82, 2.24) is 0 Å². The molecule has 0 radical (unpaired) electrons. The van der Waals surface area contributed by atoms with Crippen molar-refractivity contribution < 1.29 is 9.47 Å². The highest BCUT2D eigenvalue weighted by atomic mass is 16.5. The molecule has 0 saturated heterocycles. The Hall–Kier alpha value is -0.520. The van der Waals surface area contributed by atoms with Gasteiger partial charge in [-0.05, 0) is 40.5 Å². The third kappa shape index (κ3) is 9.21. The lowest BCUT2D eigenvalue weighted by Gasteiger charge is -2.23. The molecule has 2 nitrogen and oxygen atoms in total. The van der Waals surface area contributed by atoms with Gasteiger partial charge in [-0.25, -0.2) is 0 Å². The Bertz CT molecular complexity index is 256. The van der Waals surface area contributed by atoms with E-state index in [1.54, 1.807) is 0 Å². The molecule has 0 spiro atoms. The lowest BCUT2D eigenvalue weighted by molar-refractivity contribution is -0.00682. The van der Waals surface area contributed by atoms with E-state index in [0.29, 0.717) is 13.2 Å². The van der Waals surface area contributed by atoms with Gasteiger partial charge in [-0.3, -0.25) is 0 Å². The summed E-state index contributed by atoms with van der Waals surface area (Å²) in [6.45, 7) is 13.6. The van der Waals surface area contributed by atoms with E-state index in [4.69, 9.17) is 9.47 Å². The molecule has 0 aliphatic heterocycles. The van der Waals surface area contributed by atoms with Crippen LogP contribution in [0.5, 0.6) is 0 Å². The molecule has 0 aromatic heterocycles. The second-order valence-electron chi connectivity index (χ2n) is 5.55. The molecule has 0 aliphatic carbocycles. The van der Waals surface area contributed by atoms with Crippen LogP contribution in [0.1, 0.15) is 60.8 Å². The van der Waals surface area contributed by atoms with Gasteiger partial charge >= 0.3 is 0 Å². The van der Waals surface area contributed by atoms with Crippen molar-refractivity contribution in [3.63, 3.8) is 0 Å². The third-order valence-corrected chi connectivity index (χ3v) is 2.90. The van der Waals surface area contributed by atoms with Gasteiger partial charge in [0.05, 0.1) is 11.2 Å². The SMILES string of the molecule is CCCC(C)(C)OCC#CCOC(C)(C)CC. The highest BCUT2D eigenvalue weighted by molar-refractivity contribution is 5.00. The van der Waals surface area contributed by atoms with Crippen LogP contribution in [-0.4, -0.2) is 24.4 Å². The van der Waals surface area contributed by atoms with Crippen molar-refractivity contribution in [1.29, 1.82) is 0 Å². The number of hydrogen-bond acceptors (Lipinski definition) is 2. The van der Waals surface area contributed by atoms with Crippen LogP contribution < -0.4 is 0 Å². The van der Waals surface area contributed by atoms with Crippen molar-refractivity contribution in [3.8, 4) is 11.8 Å². The summed E-state index contributed by atoms with van der Waals surface area (Å²) in [4.78, 5) is 0. The first kappa shape index (κ1) is 16.5. The predicted octanol–water partition coefficient (Wildman–Crippen LogP) is 3.79. The fourth-order valence-corrected chi connectivity index (χ4v) is 1.34. The van der Waals surface area contributed by atoms with Gasteiger partial charge in [-0.1, -0.05) is 32.1 Å². The van der Waals surface area contributed by atoms with E-state index in [1.165, 1.54) is 0 Å². The van der Waals surface area contributed by atoms with Crippen LogP contribution in [0.3, 0.4) is 0 Å². The minimum atomic E-state index is -0.0724. The van der Waals surface area contributed by atoms with E-state index in [-0.39, 0.29) is 11.2 Å². The zero-order valence-corrected chi connectivity index (χ0v) is 12.4. The highest BCUT2D eigenvalue weighted by Crippen LogP contribution is 2.15. The van der Waals surface area contributed by atoms with E-state index in [1.807, 2.05) is 0 Å². The molecule has 0 N–H and O–H groups in total. The number of ether oxygens (including phenoxy) is 2. The molecule has 100 valence electrons. The van der Waals surface area contributed by atoms with Crippen LogP contribution in [0.2, 0.25) is 0 Å². The number of hydrogen-bond donors (Lipinski definition) is 0. The summed E-state index contributed by atoms with van der Waals surface area (Å²) in [5, 5.41) is 0. The normalized spacial score (nSPS) is 12.1. The van der Waals surface area contributed by atoms with Gasteiger partial charge in [-0.2, -0.15) is 0 Å². The van der Waals surface area contributed by atoms with Gasteiger partial charge in [0, 0.05) is 0 Å². The fourth-order valence-electron chi connectivity index (χ4n) is 1.34. The molecular formula is C15H28O2. The Balaban J connectivity index is 3.77. The smallest absolute Gasteiger partial charge is 0.108 e. The molecule has 0 aliphatic rings. The summed E-state index contributed by atoms with van der Waals surface area (Å²) < 4.78 is 11.3. The first-order chi connectivity index (χ1) is 7.83. The molecule has 0 amide bonds. The van der Waals surface area contributed by atoms with Crippen molar-refractivity contribution in [2.24, 2.45) is 0 Å². The molecule has 2 heteroatoms. The average Bonchev–Trinajstić information content (AvgIpc) is 2.23. The van der Waals surface area contributed by atoms with E-state index in [2.05, 4.69) is 53.4 Å². The van der Waals surface area contributed by atoms with E-state index in [0.717, 1.165) is 19.3 Å². The van der Waals surface area contributed by atoms with Crippen LogP contribution >= 0.6 is 0 Å². The Morgan fingerprint density at radius 2 is 1.29 bits per heavy atom. The molecule has 0 rings (SSSR count). The van der Waals surface area contributed by atoms with E-state index < -0.39 is 0 Å². The van der Waals surface area contributed by atoms with Crippen molar-refractivity contribution in [2.75, 3.05) is 13.2 Å². The van der Waals surface area contributed by atoms with Crippen molar-refractivity contribution in [2.45, 2.75) is 72.0 Å². The summed E-state index contributed by atoms with van der Waals surface area (Å²) in [6.07, 6.45) is 3.19. The molecule has 0 aromatic rings. The quantitative estimate of drug-likeness (QED) is 0.630. The summed E-state index contributed by atoms with van der Waals surface area (Å²) in [6, 6.07) is 0.